The number of nitrogens with one attached hydrogen (secondary N) is 1. The summed E-state index contributed by atoms with van der Waals surface area (Å²) in [5, 5.41) is 8.27. The van der Waals surface area contributed by atoms with Gasteiger partial charge in [0.05, 0.1) is 11.1 Å². The predicted octanol–water partition coefficient (Wildman–Crippen LogP) is 2.21. The Labute approximate surface area is 113 Å². The third-order valence-electron chi connectivity index (χ3n) is 1.90. The zero-order valence-corrected chi connectivity index (χ0v) is 10.7. The number of carboxylic acids is 1. The van der Waals surface area contributed by atoms with Crippen LogP contribution in [0.2, 0.25) is 0 Å². The molecule has 1 rings (SSSR count). The molecule has 0 aliphatic carbocycles. The Hall–Kier alpha value is -1.61. The van der Waals surface area contributed by atoms with Crippen LogP contribution in [0, 0.1) is 0 Å². The van der Waals surface area contributed by atoms with Crippen molar-refractivity contribution >= 4 is 27.8 Å². The van der Waals surface area contributed by atoms with Crippen molar-refractivity contribution in [1.82, 2.24) is 5.48 Å². The highest BCUT2D eigenvalue weighted by Gasteiger charge is 2.31. The molecule has 0 fully saturated rings. The van der Waals surface area contributed by atoms with Gasteiger partial charge in [-0.1, -0.05) is 0 Å². The van der Waals surface area contributed by atoms with Gasteiger partial charge in [-0.3, -0.25) is 9.63 Å². The number of hydrogen-bond donors (Lipinski definition) is 2. The van der Waals surface area contributed by atoms with Crippen LogP contribution >= 0.6 is 15.9 Å². The maximum absolute atomic E-state index is 12.5. The van der Waals surface area contributed by atoms with Crippen LogP contribution in [0.5, 0.6) is 0 Å². The summed E-state index contributed by atoms with van der Waals surface area (Å²) in [6, 6.07) is 2.50. The van der Waals surface area contributed by atoms with Crippen LogP contribution in [0.3, 0.4) is 0 Å². The van der Waals surface area contributed by atoms with Gasteiger partial charge in [-0.25, -0.2) is 10.3 Å². The Balaban J connectivity index is 2.87. The number of carboxylic acid groups (broad SMARTS) is 1. The molecule has 0 saturated heterocycles. The zero-order chi connectivity index (χ0) is 14.6. The largest absolute Gasteiger partial charge is 0.479 e. The highest BCUT2D eigenvalue weighted by molar-refractivity contribution is 9.10. The van der Waals surface area contributed by atoms with Crippen LogP contribution in [0.1, 0.15) is 15.9 Å². The van der Waals surface area contributed by atoms with Crippen molar-refractivity contribution in [2.45, 2.75) is 6.18 Å². The lowest BCUT2D eigenvalue weighted by atomic mass is 10.1. The Kier molecular flexibility index (Phi) is 4.90. The zero-order valence-electron chi connectivity index (χ0n) is 9.12. The highest BCUT2D eigenvalue weighted by atomic mass is 79.9. The molecule has 1 aromatic rings. The molecule has 0 atom stereocenters. The van der Waals surface area contributed by atoms with Gasteiger partial charge in [0.25, 0.3) is 5.91 Å². The molecule has 104 valence electrons. The lowest BCUT2D eigenvalue weighted by Gasteiger charge is -2.10. The number of alkyl halides is 3. The number of benzene rings is 1. The maximum Gasteiger partial charge on any atom is 0.416 e. The monoisotopic (exact) mass is 341 g/mol. The molecular weight excluding hydrogens is 335 g/mol. The smallest absolute Gasteiger partial charge is 0.416 e. The van der Waals surface area contributed by atoms with Gasteiger partial charge in [0.2, 0.25) is 0 Å². The van der Waals surface area contributed by atoms with E-state index in [4.69, 9.17) is 5.11 Å². The van der Waals surface area contributed by atoms with Crippen molar-refractivity contribution in [1.29, 1.82) is 0 Å². The second-order valence-electron chi connectivity index (χ2n) is 3.31. The fraction of sp³-hybridized carbons (Fsp3) is 0.200. The first-order chi connectivity index (χ1) is 8.71. The Morgan fingerprint density at radius 1 is 1.37 bits per heavy atom. The van der Waals surface area contributed by atoms with Crippen LogP contribution in [-0.4, -0.2) is 23.6 Å². The van der Waals surface area contributed by atoms with Crippen molar-refractivity contribution in [2.24, 2.45) is 0 Å². The molecule has 0 aliphatic heterocycles. The van der Waals surface area contributed by atoms with Crippen LogP contribution < -0.4 is 5.48 Å². The van der Waals surface area contributed by atoms with Crippen molar-refractivity contribution in [3.05, 3.63) is 33.8 Å². The van der Waals surface area contributed by atoms with Crippen molar-refractivity contribution in [3.8, 4) is 0 Å². The molecule has 0 aliphatic rings. The summed E-state index contributed by atoms with van der Waals surface area (Å²) in [5.74, 6) is -2.32. The minimum atomic E-state index is -4.59. The van der Waals surface area contributed by atoms with Gasteiger partial charge in [-0.05, 0) is 34.1 Å². The van der Waals surface area contributed by atoms with E-state index in [0.29, 0.717) is 6.07 Å². The van der Waals surface area contributed by atoms with E-state index < -0.39 is 30.2 Å². The Morgan fingerprint density at radius 3 is 2.53 bits per heavy atom. The molecule has 0 saturated carbocycles. The third-order valence-corrected chi connectivity index (χ3v) is 2.59. The number of halogens is 4. The van der Waals surface area contributed by atoms with E-state index in [1.165, 1.54) is 0 Å². The summed E-state index contributed by atoms with van der Waals surface area (Å²) in [7, 11) is 0. The normalized spacial score (nSPS) is 11.2. The molecule has 9 heteroatoms. The molecule has 0 radical (unpaired) electrons. The van der Waals surface area contributed by atoms with Gasteiger partial charge >= 0.3 is 12.1 Å². The van der Waals surface area contributed by atoms with Crippen LogP contribution in [0.4, 0.5) is 13.2 Å². The van der Waals surface area contributed by atoms with E-state index in [0.717, 1.165) is 12.1 Å². The standard InChI is InChI=1S/C10H7BrF3NO4/c11-7-2-1-5(10(12,13)14)3-6(7)9(18)15-19-4-8(16)17/h1-3H,4H2,(H,15,18)(H,16,17). The third kappa shape index (κ3) is 4.52. The fourth-order valence-electron chi connectivity index (χ4n) is 1.09. The molecule has 1 amide bonds. The summed E-state index contributed by atoms with van der Waals surface area (Å²) in [5.41, 5.74) is 0.413. The first kappa shape index (κ1) is 15.4. The van der Waals surface area contributed by atoms with Gasteiger partial charge in [0.15, 0.2) is 6.61 Å². The number of hydroxylamine groups is 1. The topological polar surface area (TPSA) is 75.6 Å². The van der Waals surface area contributed by atoms with Gasteiger partial charge < -0.3 is 5.11 Å². The average Bonchev–Trinajstić information content (AvgIpc) is 2.27. The van der Waals surface area contributed by atoms with Crippen LogP contribution in [-0.2, 0) is 15.8 Å². The second kappa shape index (κ2) is 6.02. The molecule has 19 heavy (non-hydrogen) atoms. The molecule has 0 spiro atoms. The van der Waals surface area contributed by atoms with Gasteiger partial charge in [-0.2, -0.15) is 13.2 Å². The van der Waals surface area contributed by atoms with Crippen LogP contribution in [0.25, 0.3) is 0 Å². The quantitative estimate of drug-likeness (QED) is 0.823. The van der Waals surface area contributed by atoms with E-state index in [1.54, 1.807) is 5.48 Å². The summed E-state index contributed by atoms with van der Waals surface area (Å²) < 4.78 is 37.5. The van der Waals surface area contributed by atoms with Crippen molar-refractivity contribution in [2.75, 3.05) is 6.61 Å². The van der Waals surface area contributed by atoms with E-state index in [9.17, 15) is 22.8 Å². The lowest BCUT2D eigenvalue weighted by Crippen LogP contribution is -2.27. The maximum atomic E-state index is 12.5. The second-order valence-corrected chi connectivity index (χ2v) is 4.16. The summed E-state index contributed by atoms with van der Waals surface area (Å²) in [6.07, 6.45) is -4.59. The number of amides is 1. The number of carbonyl (C=O) groups is 2. The van der Waals surface area contributed by atoms with Gasteiger partial charge in [0, 0.05) is 4.47 Å². The number of hydrogen-bond acceptors (Lipinski definition) is 3. The van der Waals surface area contributed by atoms with E-state index in [2.05, 4.69) is 20.8 Å². The van der Waals surface area contributed by atoms with Gasteiger partial charge in [-0.15, -0.1) is 0 Å². The molecule has 2 N–H and O–H groups in total. The number of carbonyl (C=O) groups excluding carboxylic acids is 1. The highest BCUT2D eigenvalue weighted by Crippen LogP contribution is 2.31. The molecule has 0 heterocycles. The molecular formula is C10H7BrF3NO4. The summed E-state index contributed by atoms with van der Waals surface area (Å²) in [4.78, 5) is 25.9. The van der Waals surface area contributed by atoms with Gasteiger partial charge in [0.1, 0.15) is 0 Å². The fourth-order valence-corrected chi connectivity index (χ4v) is 1.52. The van der Waals surface area contributed by atoms with E-state index >= 15 is 0 Å². The first-order valence-corrected chi connectivity index (χ1v) is 5.52. The summed E-state index contributed by atoms with van der Waals surface area (Å²) >= 11 is 2.92. The SMILES string of the molecule is O=C(O)CONC(=O)c1cc(C(F)(F)F)ccc1Br. The molecule has 5 nitrogen and oxygen atoms in total. The summed E-state index contributed by atoms with van der Waals surface area (Å²) in [6.45, 7) is -0.803. The number of rotatable bonds is 4. The molecule has 0 unspecified atom stereocenters. The Bertz CT molecular complexity index is 504. The number of aliphatic carboxylic acids is 1. The minimum absolute atomic E-state index is 0.122. The molecule has 0 bridgehead atoms. The van der Waals surface area contributed by atoms with Crippen LogP contribution in [0.15, 0.2) is 22.7 Å². The minimum Gasteiger partial charge on any atom is -0.479 e. The lowest BCUT2D eigenvalue weighted by molar-refractivity contribution is -0.144. The first-order valence-electron chi connectivity index (χ1n) is 4.72. The average molecular weight is 342 g/mol. The van der Waals surface area contributed by atoms with Crippen molar-refractivity contribution in [3.63, 3.8) is 0 Å². The molecule has 1 aromatic carbocycles. The Morgan fingerprint density at radius 2 is 2.00 bits per heavy atom. The van der Waals surface area contributed by atoms with E-state index in [1.807, 2.05) is 0 Å². The molecule has 0 aromatic heterocycles. The predicted molar refractivity (Wildman–Crippen MR) is 60.2 cm³/mol. The van der Waals surface area contributed by atoms with E-state index in [-0.39, 0.29) is 10.0 Å². The van der Waals surface area contributed by atoms with Crippen molar-refractivity contribution < 1.29 is 32.7 Å².